The summed E-state index contributed by atoms with van der Waals surface area (Å²) in [7, 11) is 0. The second kappa shape index (κ2) is 7.93. The van der Waals surface area contributed by atoms with Crippen LogP contribution in [0.1, 0.15) is 23.1 Å². The predicted molar refractivity (Wildman–Crippen MR) is 113 cm³/mol. The fourth-order valence-electron chi connectivity index (χ4n) is 4.97. The number of rotatable bonds is 5. The summed E-state index contributed by atoms with van der Waals surface area (Å²) in [5.74, 6) is 0.0427. The molecule has 5 rings (SSSR count). The molecule has 2 fully saturated rings. The molecule has 0 bridgehead atoms. The molecule has 0 spiro atoms. The van der Waals surface area contributed by atoms with Crippen molar-refractivity contribution in [2.45, 2.75) is 26.9 Å². The van der Waals surface area contributed by atoms with Crippen LogP contribution in [0.5, 0.6) is 0 Å². The van der Waals surface area contributed by atoms with Crippen LogP contribution in [-0.4, -0.2) is 11.1 Å². The molecule has 0 aromatic heterocycles. The van der Waals surface area contributed by atoms with Crippen molar-refractivity contribution in [2.24, 2.45) is 17.8 Å². The van der Waals surface area contributed by atoms with E-state index in [0.717, 1.165) is 34.4 Å². The summed E-state index contributed by atoms with van der Waals surface area (Å²) in [6.07, 6.45) is 2.84. The molecule has 0 saturated heterocycles. The summed E-state index contributed by atoms with van der Waals surface area (Å²) in [4.78, 5) is 11.4. The number of halogens is 2. The first-order valence-electron chi connectivity index (χ1n) is 10.4. The van der Waals surface area contributed by atoms with Gasteiger partial charge in [-0.3, -0.25) is 0 Å². The molecule has 31 heavy (non-hydrogen) atoms. The van der Waals surface area contributed by atoms with Crippen LogP contribution in [0.4, 0.5) is 4.39 Å². The van der Waals surface area contributed by atoms with Crippen molar-refractivity contribution in [3.8, 4) is 11.1 Å². The summed E-state index contributed by atoms with van der Waals surface area (Å²) in [6.45, 7) is 4.31. The number of carbonyl (C=O) groups is 1. The molecule has 160 valence electrons. The van der Waals surface area contributed by atoms with Gasteiger partial charge >= 0.3 is 192 Å². The second-order valence-corrected chi connectivity index (χ2v) is 10.5. The van der Waals surface area contributed by atoms with Gasteiger partial charge in [-0.15, -0.1) is 0 Å². The summed E-state index contributed by atoms with van der Waals surface area (Å²) in [6, 6.07) is 11.4. The predicted octanol–water partition coefficient (Wildman–Crippen LogP) is 2.73. The van der Waals surface area contributed by atoms with Crippen molar-refractivity contribution < 1.29 is 40.2 Å². The average Bonchev–Trinajstić information content (AvgIpc) is 3.39. The molecule has 1 aliphatic heterocycles. The van der Waals surface area contributed by atoms with Gasteiger partial charge < -0.3 is 0 Å². The van der Waals surface area contributed by atoms with Gasteiger partial charge in [0.05, 0.1) is 0 Å². The van der Waals surface area contributed by atoms with Gasteiger partial charge in [-0.2, -0.15) is 0 Å². The molecule has 2 aromatic rings. The number of fused-ring (bicyclic) bond motifs is 3. The van der Waals surface area contributed by atoms with E-state index < -0.39 is 5.97 Å². The monoisotopic (exact) mass is 529 g/mol. The molecule has 1 N–H and O–H groups in total. The van der Waals surface area contributed by atoms with Gasteiger partial charge in [0.2, 0.25) is 0 Å². The standard InChI is InChI=1S/C26H23FIO3/c1-14-4-3-5-15(2)23(14)16-6-7-22(27)18(8-16)13-31-19-9-17-10-20-24(25(20)26(29)30)21(17)12-28-11-19/h3-9,11-12,20,24-25H,10,13H2,1-2H3,(H,29,30)/q-1/t20-,24-,25+/m1/s1. The number of carboxylic acids is 1. The Hall–Kier alpha value is -2.41. The Morgan fingerprint density at radius 1 is 1.19 bits per heavy atom. The van der Waals surface area contributed by atoms with Gasteiger partial charge in [0.15, 0.2) is 0 Å². The molecular weight excluding hydrogens is 506 g/mol. The normalized spacial score (nSPS) is 24.0. The first-order valence-corrected chi connectivity index (χ1v) is 12.9. The van der Waals surface area contributed by atoms with Gasteiger partial charge in [-0.1, -0.05) is 0 Å². The summed E-state index contributed by atoms with van der Waals surface area (Å²) in [5, 5.41) is 9.34. The van der Waals surface area contributed by atoms with Crippen LogP contribution in [0.2, 0.25) is 0 Å². The van der Waals surface area contributed by atoms with E-state index in [1.54, 1.807) is 0 Å². The van der Waals surface area contributed by atoms with E-state index in [4.69, 9.17) is 4.74 Å². The van der Waals surface area contributed by atoms with E-state index in [1.165, 1.54) is 17.2 Å². The molecule has 3 nitrogen and oxygen atoms in total. The SMILES string of the molecule is Cc1cccc(C)c1-c1ccc(F)c(COC2=C[I-]C=C3C(=C2)C[C@H]2[C@H](C(=O)O)[C@@H]32)c1. The maximum absolute atomic E-state index is 14.5. The van der Waals surface area contributed by atoms with Crippen LogP contribution in [0, 0.1) is 37.4 Å². The number of hydrogen-bond acceptors (Lipinski definition) is 2. The minimum absolute atomic E-state index is 0.171. The summed E-state index contributed by atoms with van der Waals surface area (Å²) in [5.41, 5.74) is 7.41. The van der Waals surface area contributed by atoms with Crippen molar-refractivity contribution in [1.29, 1.82) is 0 Å². The van der Waals surface area contributed by atoms with E-state index >= 15 is 0 Å². The molecule has 2 aromatic carbocycles. The van der Waals surface area contributed by atoms with E-state index in [0.29, 0.717) is 5.56 Å². The van der Waals surface area contributed by atoms with E-state index in [2.05, 4.69) is 34.1 Å². The summed E-state index contributed by atoms with van der Waals surface area (Å²) < 4.78 is 24.9. The quantitative estimate of drug-likeness (QED) is 0.607. The van der Waals surface area contributed by atoms with Gasteiger partial charge in [-0.05, 0) is 0 Å². The molecule has 3 aliphatic rings. The third kappa shape index (κ3) is 3.73. The minimum atomic E-state index is -0.680. The van der Waals surface area contributed by atoms with Crippen molar-refractivity contribution >= 4 is 5.97 Å². The molecule has 3 atom stereocenters. The fraction of sp³-hybridized carbons (Fsp3) is 0.269. The number of benzene rings is 2. The van der Waals surface area contributed by atoms with Crippen LogP contribution in [0.15, 0.2) is 67.5 Å². The number of carboxylic acid groups (broad SMARTS) is 1. The van der Waals surface area contributed by atoms with E-state index in [9.17, 15) is 14.3 Å². The topological polar surface area (TPSA) is 46.5 Å². The maximum atomic E-state index is 14.5. The van der Waals surface area contributed by atoms with Crippen LogP contribution in [-0.2, 0) is 16.1 Å². The molecule has 5 heteroatoms. The van der Waals surface area contributed by atoms with Crippen LogP contribution in [0.3, 0.4) is 0 Å². The number of aryl methyl sites for hydroxylation is 2. The number of ether oxygens (including phenoxy) is 1. The van der Waals surface area contributed by atoms with Crippen LogP contribution < -0.4 is 21.2 Å². The molecule has 0 radical (unpaired) electrons. The van der Waals surface area contributed by atoms with Gasteiger partial charge in [0.1, 0.15) is 0 Å². The number of allylic oxidation sites excluding steroid dienone is 3. The zero-order valence-electron chi connectivity index (χ0n) is 17.4. The van der Waals surface area contributed by atoms with Gasteiger partial charge in [0.25, 0.3) is 0 Å². The first kappa shape index (κ1) is 20.5. The molecule has 1 heterocycles. The first-order chi connectivity index (χ1) is 14.9. The Kier molecular flexibility index (Phi) is 5.24. The molecular formula is C26H23FIO3-. The zero-order valence-corrected chi connectivity index (χ0v) is 19.5. The number of aliphatic carboxylic acids is 1. The molecule has 0 amide bonds. The molecule has 2 aliphatic carbocycles. The van der Waals surface area contributed by atoms with Gasteiger partial charge in [0, 0.05) is 0 Å². The average molecular weight is 529 g/mol. The van der Waals surface area contributed by atoms with Crippen LogP contribution >= 0.6 is 0 Å². The van der Waals surface area contributed by atoms with Crippen molar-refractivity contribution in [3.05, 3.63) is 90.1 Å². The van der Waals surface area contributed by atoms with E-state index in [-0.39, 0.29) is 51.4 Å². The molecule has 2 saturated carbocycles. The fourth-order valence-corrected chi connectivity index (χ4v) is 7.07. The molecule has 0 unspecified atom stereocenters. The zero-order chi connectivity index (χ0) is 21.7. The summed E-state index contributed by atoms with van der Waals surface area (Å²) >= 11 is -0.357. The Bertz CT molecular complexity index is 1160. The van der Waals surface area contributed by atoms with Crippen molar-refractivity contribution in [2.75, 3.05) is 0 Å². The second-order valence-electron chi connectivity index (χ2n) is 8.49. The Morgan fingerprint density at radius 3 is 2.71 bits per heavy atom. The Balaban J connectivity index is 1.33. The van der Waals surface area contributed by atoms with Gasteiger partial charge in [-0.25, -0.2) is 0 Å². The third-order valence-corrected chi connectivity index (χ3v) is 8.52. The van der Waals surface area contributed by atoms with E-state index in [1.807, 2.05) is 24.3 Å². The Morgan fingerprint density at radius 2 is 1.97 bits per heavy atom. The van der Waals surface area contributed by atoms with Crippen molar-refractivity contribution in [1.82, 2.24) is 0 Å². The van der Waals surface area contributed by atoms with Crippen molar-refractivity contribution in [3.63, 3.8) is 0 Å². The van der Waals surface area contributed by atoms with Crippen LogP contribution in [0.25, 0.3) is 11.1 Å². The third-order valence-electron chi connectivity index (χ3n) is 6.52. The Labute approximate surface area is 191 Å². The number of hydrogen-bond donors (Lipinski definition) is 1.